The standard InChI is InChI=1S/C24H33N3O3/c1-3-4-5-6-7-8-9-10-16-23(28)27-26-19(2)20-13-11-14-21(18-20)25-24(29)22-15-12-17-30-22/h11-15,17-18H,3-10,16H2,1-2H3,(H,25,29)(H,27,28)/b26-19+. The quantitative estimate of drug-likeness (QED) is 0.244. The van der Waals surface area contributed by atoms with E-state index < -0.39 is 0 Å². The van der Waals surface area contributed by atoms with Gasteiger partial charge in [0.25, 0.3) is 5.91 Å². The fraction of sp³-hybridized carbons (Fsp3) is 0.458. The Labute approximate surface area is 179 Å². The van der Waals surface area contributed by atoms with Gasteiger partial charge in [0.1, 0.15) is 0 Å². The van der Waals surface area contributed by atoms with Crippen LogP contribution in [-0.4, -0.2) is 17.5 Å². The summed E-state index contributed by atoms with van der Waals surface area (Å²) >= 11 is 0. The van der Waals surface area contributed by atoms with E-state index in [0.29, 0.717) is 17.8 Å². The van der Waals surface area contributed by atoms with Gasteiger partial charge >= 0.3 is 0 Å². The SMILES string of the molecule is CCCCCCCCCCC(=O)N/N=C(\C)c1cccc(NC(=O)c2ccco2)c1. The van der Waals surface area contributed by atoms with Crippen molar-refractivity contribution in [2.24, 2.45) is 5.10 Å². The van der Waals surface area contributed by atoms with Gasteiger partial charge in [-0.15, -0.1) is 0 Å². The first-order valence-corrected chi connectivity index (χ1v) is 10.9. The van der Waals surface area contributed by atoms with Crippen LogP contribution in [0.5, 0.6) is 0 Å². The maximum Gasteiger partial charge on any atom is 0.291 e. The summed E-state index contributed by atoms with van der Waals surface area (Å²) < 4.78 is 5.10. The van der Waals surface area contributed by atoms with E-state index in [9.17, 15) is 9.59 Å². The Bertz CT molecular complexity index is 813. The van der Waals surface area contributed by atoms with E-state index in [4.69, 9.17) is 4.42 Å². The van der Waals surface area contributed by atoms with E-state index in [-0.39, 0.29) is 17.6 Å². The summed E-state index contributed by atoms with van der Waals surface area (Å²) in [6, 6.07) is 10.6. The van der Waals surface area contributed by atoms with Crippen LogP contribution in [0.4, 0.5) is 5.69 Å². The van der Waals surface area contributed by atoms with E-state index in [2.05, 4.69) is 22.8 Å². The third kappa shape index (κ3) is 8.64. The number of hydrogen-bond donors (Lipinski definition) is 2. The Morgan fingerprint density at radius 2 is 1.70 bits per heavy atom. The minimum absolute atomic E-state index is 0.0670. The van der Waals surface area contributed by atoms with Crippen LogP contribution < -0.4 is 10.7 Å². The highest BCUT2D eigenvalue weighted by atomic mass is 16.3. The van der Waals surface area contributed by atoms with Gasteiger partial charge in [0, 0.05) is 12.1 Å². The van der Waals surface area contributed by atoms with E-state index in [0.717, 1.165) is 18.4 Å². The maximum absolute atomic E-state index is 12.1. The Hall–Kier alpha value is -2.89. The molecule has 2 aromatic rings. The summed E-state index contributed by atoms with van der Waals surface area (Å²) in [5.74, 6) is -0.132. The molecule has 6 heteroatoms. The molecule has 0 aliphatic carbocycles. The van der Waals surface area contributed by atoms with Gasteiger partial charge < -0.3 is 9.73 Å². The second kappa shape index (κ2) is 13.4. The third-order valence-electron chi connectivity index (χ3n) is 4.89. The lowest BCUT2D eigenvalue weighted by molar-refractivity contribution is -0.121. The Kier molecular flexibility index (Phi) is 10.4. The summed E-state index contributed by atoms with van der Waals surface area (Å²) in [6.07, 6.45) is 11.6. The van der Waals surface area contributed by atoms with Crippen LogP contribution in [0.2, 0.25) is 0 Å². The van der Waals surface area contributed by atoms with Gasteiger partial charge in [-0.25, -0.2) is 5.43 Å². The molecule has 30 heavy (non-hydrogen) atoms. The molecule has 2 rings (SSSR count). The third-order valence-corrected chi connectivity index (χ3v) is 4.89. The highest BCUT2D eigenvalue weighted by Gasteiger charge is 2.09. The monoisotopic (exact) mass is 411 g/mol. The van der Waals surface area contributed by atoms with Crippen molar-refractivity contribution >= 4 is 23.2 Å². The van der Waals surface area contributed by atoms with Crippen molar-refractivity contribution in [1.82, 2.24) is 5.43 Å². The normalized spacial score (nSPS) is 11.3. The number of nitrogens with zero attached hydrogens (tertiary/aromatic N) is 1. The summed E-state index contributed by atoms with van der Waals surface area (Å²) in [4.78, 5) is 24.1. The maximum atomic E-state index is 12.1. The van der Waals surface area contributed by atoms with Gasteiger partial charge in [-0.2, -0.15) is 5.10 Å². The average Bonchev–Trinajstić information content (AvgIpc) is 3.29. The lowest BCUT2D eigenvalue weighted by atomic mass is 10.1. The van der Waals surface area contributed by atoms with Crippen LogP contribution in [0.1, 0.15) is 87.8 Å². The highest BCUT2D eigenvalue weighted by Crippen LogP contribution is 2.14. The molecule has 0 aliphatic rings. The molecule has 0 unspecified atom stereocenters. The van der Waals surface area contributed by atoms with Crippen LogP contribution in [0.3, 0.4) is 0 Å². The molecule has 0 radical (unpaired) electrons. The number of carbonyl (C=O) groups is 2. The number of unbranched alkanes of at least 4 members (excludes halogenated alkanes) is 7. The van der Waals surface area contributed by atoms with Crippen LogP contribution in [-0.2, 0) is 4.79 Å². The molecule has 1 aromatic heterocycles. The zero-order valence-electron chi connectivity index (χ0n) is 18.1. The lowest BCUT2D eigenvalue weighted by Crippen LogP contribution is -2.19. The number of furan rings is 1. The lowest BCUT2D eigenvalue weighted by Gasteiger charge is -2.07. The van der Waals surface area contributed by atoms with E-state index in [1.807, 2.05) is 25.1 Å². The predicted molar refractivity (Wildman–Crippen MR) is 121 cm³/mol. The molecule has 0 fully saturated rings. The van der Waals surface area contributed by atoms with Gasteiger partial charge in [0.05, 0.1) is 12.0 Å². The highest BCUT2D eigenvalue weighted by molar-refractivity contribution is 6.04. The molecule has 0 saturated heterocycles. The molecule has 0 bridgehead atoms. The summed E-state index contributed by atoms with van der Waals surface area (Å²) in [5.41, 5.74) is 4.76. The second-order valence-electron chi connectivity index (χ2n) is 7.47. The van der Waals surface area contributed by atoms with Crippen molar-refractivity contribution in [2.75, 3.05) is 5.32 Å². The molecule has 6 nitrogen and oxygen atoms in total. The van der Waals surface area contributed by atoms with Crippen LogP contribution in [0.25, 0.3) is 0 Å². The second-order valence-corrected chi connectivity index (χ2v) is 7.47. The van der Waals surface area contributed by atoms with Gasteiger partial charge in [-0.1, -0.05) is 64.0 Å². The first-order chi connectivity index (χ1) is 14.6. The summed E-state index contributed by atoms with van der Waals surface area (Å²) in [5, 5.41) is 6.98. The smallest absolute Gasteiger partial charge is 0.291 e. The Morgan fingerprint density at radius 1 is 0.967 bits per heavy atom. The molecule has 0 aliphatic heterocycles. The first kappa shape index (κ1) is 23.4. The zero-order chi connectivity index (χ0) is 21.6. The molecular formula is C24H33N3O3. The van der Waals surface area contributed by atoms with Crippen molar-refractivity contribution in [3.8, 4) is 0 Å². The summed E-state index contributed by atoms with van der Waals surface area (Å²) in [6.45, 7) is 4.05. The van der Waals surface area contributed by atoms with Crippen molar-refractivity contribution in [3.05, 3.63) is 54.0 Å². The number of nitrogens with one attached hydrogen (secondary N) is 2. The van der Waals surface area contributed by atoms with Gasteiger partial charge in [0.15, 0.2) is 5.76 Å². The molecule has 0 atom stereocenters. The van der Waals surface area contributed by atoms with Crippen molar-refractivity contribution in [3.63, 3.8) is 0 Å². The average molecular weight is 412 g/mol. The minimum Gasteiger partial charge on any atom is -0.459 e. The van der Waals surface area contributed by atoms with E-state index in [1.54, 1.807) is 18.2 Å². The number of rotatable bonds is 13. The van der Waals surface area contributed by atoms with Gasteiger partial charge in [0.2, 0.25) is 5.91 Å². The molecule has 0 spiro atoms. The number of amides is 2. The van der Waals surface area contributed by atoms with Crippen molar-refractivity contribution in [1.29, 1.82) is 0 Å². The van der Waals surface area contributed by atoms with Crippen LogP contribution in [0.15, 0.2) is 52.2 Å². The fourth-order valence-electron chi connectivity index (χ4n) is 3.11. The number of anilines is 1. The fourth-order valence-corrected chi connectivity index (χ4v) is 3.11. The van der Waals surface area contributed by atoms with Crippen molar-refractivity contribution < 1.29 is 14.0 Å². The molecular weight excluding hydrogens is 378 g/mol. The number of hydrazone groups is 1. The Morgan fingerprint density at radius 3 is 2.40 bits per heavy atom. The molecule has 162 valence electrons. The number of carbonyl (C=O) groups excluding carboxylic acids is 2. The van der Waals surface area contributed by atoms with Gasteiger partial charge in [-0.05, 0) is 43.2 Å². The number of benzene rings is 1. The van der Waals surface area contributed by atoms with Crippen LogP contribution >= 0.6 is 0 Å². The van der Waals surface area contributed by atoms with E-state index >= 15 is 0 Å². The Balaban J connectivity index is 1.73. The largest absolute Gasteiger partial charge is 0.459 e. The molecule has 1 aromatic carbocycles. The predicted octanol–water partition coefficient (Wildman–Crippen LogP) is 5.90. The van der Waals surface area contributed by atoms with Gasteiger partial charge in [-0.3, -0.25) is 9.59 Å². The minimum atomic E-state index is -0.314. The molecule has 1 heterocycles. The van der Waals surface area contributed by atoms with E-state index in [1.165, 1.54) is 44.8 Å². The first-order valence-electron chi connectivity index (χ1n) is 10.9. The molecule has 2 amide bonds. The number of hydrogen-bond acceptors (Lipinski definition) is 4. The zero-order valence-corrected chi connectivity index (χ0v) is 18.1. The topological polar surface area (TPSA) is 83.7 Å². The molecule has 0 saturated carbocycles. The summed E-state index contributed by atoms with van der Waals surface area (Å²) in [7, 11) is 0. The van der Waals surface area contributed by atoms with Crippen LogP contribution in [0, 0.1) is 0 Å². The van der Waals surface area contributed by atoms with Crippen molar-refractivity contribution in [2.45, 2.75) is 71.6 Å². The molecule has 2 N–H and O–H groups in total.